The molecule has 1 fully saturated rings. The van der Waals surface area contributed by atoms with E-state index in [1.165, 1.54) is 18.4 Å². The third-order valence-corrected chi connectivity index (χ3v) is 3.70. The molecule has 4 nitrogen and oxygen atoms in total. The van der Waals surface area contributed by atoms with Crippen molar-refractivity contribution >= 4 is 11.8 Å². The zero-order valence-electron chi connectivity index (χ0n) is 12.1. The third kappa shape index (κ3) is 2.83. The van der Waals surface area contributed by atoms with Gasteiger partial charge >= 0.3 is 6.09 Å². The van der Waals surface area contributed by atoms with E-state index in [0.717, 1.165) is 13.1 Å². The molecule has 0 N–H and O–H groups in total. The van der Waals surface area contributed by atoms with E-state index in [2.05, 4.69) is 49.9 Å². The molecule has 1 aliphatic rings. The second-order valence-electron chi connectivity index (χ2n) is 5.32. The average Bonchev–Trinajstić information content (AvgIpc) is 2.38. The molecular weight excluding hydrogens is 240 g/mol. The molecule has 1 aliphatic heterocycles. The summed E-state index contributed by atoms with van der Waals surface area (Å²) in [6, 6.07) is 8.83. The Morgan fingerprint density at radius 1 is 1.16 bits per heavy atom. The molecule has 1 heterocycles. The zero-order valence-corrected chi connectivity index (χ0v) is 12.1. The van der Waals surface area contributed by atoms with E-state index >= 15 is 0 Å². The van der Waals surface area contributed by atoms with Crippen molar-refractivity contribution in [1.29, 1.82) is 0 Å². The minimum atomic E-state index is -0.233. The lowest BCUT2D eigenvalue weighted by Crippen LogP contribution is -2.58. The number of amides is 1. The fourth-order valence-electron chi connectivity index (χ4n) is 2.75. The monoisotopic (exact) mass is 262 g/mol. The molecule has 1 amide bonds. The summed E-state index contributed by atoms with van der Waals surface area (Å²) in [5.74, 6) is 0. The maximum atomic E-state index is 11.8. The van der Waals surface area contributed by atoms with E-state index in [-0.39, 0.29) is 18.2 Å². The molecule has 0 spiro atoms. The number of aryl methyl sites for hydroxylation is 1. The van der Waals surface area contributed by atoms with Crippen LogP contribution in [-0.4, -0.2) is 43.3 Å². The van der Waals surface area contributed by atoms with Crippen molar-refractivity contribution in [3.8, 4) is 0 Å². The molecule has 2 rings (SSSR count). The van der Waals surface area contributed by atoms with Gasteiger partial charge in [0.25, 0.3) is 0 Å². The summed E-state index contributed by atoms with van der Waals surface area (Å²) in [4.78, 5) is 15.9. The topological polar surface area (TPSA) is 32.8 Å². The molecule has 0 saturated carbocycles. The van der Waals surface area contributed by atoms with Crippen LogP contribution in [0.1, 0.15) is 19.4 Å². The molecule has 1 saturated heterocycles. The van der Waals surface area contributed by atoms with Gasteiger partial charge in [-0.05, 0) is 32.9 Å². The zero-order chi connectivity index (χ0) is 14.0. The van der Waals surface area contributed by atoms with Gasteiger partial charge in [-0.3, -0.25) is 4.90 Å². The Morgan fingerprint density at radius 3 is 2.16 bits per heavy atom. The molecule has 1 aromatic rings. The number of nitrogens with zero attached hydrogens (tertiary/aromatic N) is 2. The van der Waals surface area contributed by atoms with Crippen LogP contribution in [0.2, 0.25) is 0 Å². The van der Waals surface area contributed by atoms with E-state index < -0.39 is 0 Å². The summed E-state index contributed by atoms with van der Waals surface area (Å²) >= 11 is 0. The molecular formula is C15H22N2O2. The summed E-state index contributed by atoms with van der Waals surface area (Å²) in [6.07, 6.45) is -0.233. The number of rotatable bonds is 1. The Balaban J connectivity index is 2.13. The first-order chi connectivity index (χ1) is 9.02. The average molecular weight is 262 g/mol. The molecule has 4 heteroatoms. The maximum Gasteiger partial charge on any atom is 0.410 e. The van der Waals surface area contributed by atoms with Crippen LogP contribution in [0.4, 0.5) is 10.5 Å². The minimum absolute atomic E-state index is 0.150. The molecule has 104 valence electrons. The molecule has 2 atom stereocenters. The number of ether oxygens (including phenoxy) is 1. The highest BCUT2D eigenvalue weighted by Crippen LogP contribution is 2.23. The number of carbonyl (C=O) groups is 1. The first-order valence-corrected chi connectivity index (χ1v) is 6.71. The smallest absolute Gasteiger partial charge is 0.410 e. The summed E-state index contributed by atoms with van der Waals surface area (Å²) in [7, 11) is 1.44. The second kappa shape index (κ2) is 5.51. The van der Waals surface area contributed by atoms with Crippen LogP contribution in [0.25, 0.3) is 0 Å². The Kier molecular flexibility index (Phi) is 3.98. The minimum Gasteiger partial charge on any atom is -0.453 e. The van der Waals surface area contributed by atoms with Crippen molar-refractivity contribution in [1.82, 2.24) is 4.90 Å². The van der Waals surface area contributed by atoms with Gasteiger partial charge in [-0.1, -0.05) is 17.7 Å². The largest absolute Gasteiger partial charge is 0.453 e. The van der Waals surface area contributed by atoms with Crippen LogP contribution in [0, 0.1) is 6.92 Å². The van der Waals surface area contributed by atoms with Crippen molar-refractivity contribution in [3.05, 3.63) is 29.8 Å². The molecule has 2 unspecified atom stereocenters. The van der Waals surface area contributed by atoms with Gasteiger partial charge in [-0.25, -0.2) is 4.79 Å². The normalized spacial score (nSPS) is 23.4. The summed E-state index contributed by atoms with van der Waals surface area (Å²) in [6.45, 7) is 7.89. The SMILES string of the molecule is COC(=O)N1C(C)CN(c2ccc(C)cc2)CC1C. The lowest BCUT2D eigenvalue weighted by atomic mass is 10.1. The van der Waals surface area contributed by atoms with Crippen molar-refractivity contribution < 1.29 is 9.53 Å². The summed E-state index contributed by atoms with van der Waals surface area (Å²) in [5.41, 5.74) is 2.48. The Hall–Kier alpha value is -1.71. The standard InChI is InChI=1S/C15H22N2O2/c1-11-5-7-14(8-6-11)16-9-12(2)17(13(3)10-16)15(18)19-4/h5-8,12-13H,9-10H2,1-4H3. The van der Waals surface area contributed by atoms with Crippen LogP contribution >= 0.6 is 0 Å². The lowest BCUT2D eigenvalue weighted by Gasteiger charge is -2.44. The van der Waals surface area contributed by atoms with Gasteiger partial charge in [0.2, 0.25) is 0 Å². The summed E-state index contributed by atoms with van der Waals surface area (Å²) in [5, 5.41) is 0. The highest BCUT2D eigenvalue weighted by atomic mass is 16.5. The first kappa shape index (κ1) is 13.7. The van der Waals surface area contributed by atoms with Gasteiger partial charge in [0, 0.05) is 18.8 Å². The first-order valence-electron chi connectivity index (χ1n) is 6.71. The van der Waals surface area contributed by atoms with E-state index in [4.69, 9.17) is 4.74 Å². The number of hydrogen-bond donors (Lipinski definition) is 0. The van der Waals surface area contributed by atoms with Gasteiger partial charge < -0.3 is 9.64 Å². The molecule has 0 bridgehead atoms. The lowest BCUT2D eigenvalue weighted by molar-refractivity contribution is 0.0820. The van der Waals surface area contributed by atoms with Crippen molar-refractivity contribution in [2.45, 2.75) is 32.9 Å². The molecule has 19 heavy (non-hydrogen) atoms. The van der Waals surface area contributed by atoms with Crippen LogP contribution in [-0.2, 0) is 4.74 Å². The second-order valence-corrected chi connectivity index (χ2v) is 5.32. The summed E-state index contributed by atoms with van der Waals surface area (Å²) < 4.78 is 4.86. The van der Waals surface area contributed by atoms with E-state index in [0.29, 0.717) is 0 Å². The Morgan fingerprint density at radius 2 is 1.68 bits per heavy atom. The van der Waals surface area contributed by atoms with Crippen LogP contribution < -0.4 is 4.90 Å². The van der Waals surface area contributed by atoms with E-state index in [1.807, 2.05) is 4.90 Å². The van der Waals surface area contributed by atoms with Crippen molar-refractivity contribution in [2.24, 2.45) is 0 Å². The fraction of sp³-hybridized carbons (Fsp3) is 0.533. The van der Waals surface area contributed by atoms with Crippen LogP contribution in [0.3, 0.4) is 0 Å². The molecule has 0 aliphatic carbocycles. The maximum absolute atomic E-state index is 11.8. The van der Waals surface area contributed by atoms with Crippen LogP contribution in [0.15, 0.2) is 24.3 Å². The fourth-order valence-corrected chi connectivity index (χ4v) is 2.75. The number of carbonyl (C=O) groups excluding carboxylic acids is 1. The van der Waals surface area contributed by atoms with Gasteiger partial charge in [-0.15, -0.1) is 0 Å². The highest BCUT2D eigenvalue weighted by Gasteiger charge is 2.33. The predicted octanol–water partition coefficient (Wildman–Crippen LogP) is 2.66. The van der Waals surface area contributed by atoms with Crippen LogP contribution in [0.5, 0.6) is 0 Å². The van der Waals surface area contributed by atoms with Gasteiger partial charge in [0.05, 0.1) is 19.2 Å². The molecule has 0 radical (unpaired) electrons. The van der Waals surface area contributed by atoms with Gasteiger partial charge in [-0.2, -0.15) is 0 Å². The highest BCUT2D eigenvalue weighted by molar-refractivity contribution is 5.69. The van der Waals surface area contributed by atoms with Crippen molar-refractivity contribution in [2.75, 3.05) is 25.1 Å². The van der Waals surface area contributed by atoms with Gasteiger partial charge in [0.1, 0.15) is 0 Å². The third-order valence-electron chi connectivity index (χ3n) is 3.70. The number of anilines is 1. The number of methoxy groups -OCH3 is 1. The van der Waals surface area contributed by atoms with E-state index in [1.54, 1.807) is 0 Å². The van der Waals surface area contributed by atoms with Crippen molar-refractivity contribution in [3.63, 3.8) is 0 Å². The van der Waals surface area contributed by atoms with E-state index in [9.17, 15) is 4.79 Å². The number of piperazine rings is 1. The van der Waals surface area contributed by atoms with Gasteiger partial charge in [0.15, 0.2) is 0 Å². The molecule has 0 aromatic heterocycles. The number of hydrogen-bond acceptors (Lipinski definition) is 3. The predicted molar refractivity (Wildman–Crippen MR) is 76.6 cm³/mol. The quantitative estimate of drug-likeness (QED) is 0.780. The Labute approximate surface area is 115 Å². The number of benzene rings is 1. The molecule has 1 aromatic carbocycles. The Bertz CT molecular complexity index is 432.